The van der Waals surface area contributed by atoms with Crippen LogP contribution in [0.2, 0.25) is 0 Å². The number of hydrogen-bond donors (Lipinski definition) is 1. The number of aliphatic hydroxyl groups is 1. The summed E-state index contributed by atoms with van der Waals surface area (Å²) in [7, 11) is 0. The highest BCUT2D eigenvalue weighted by atomic mass is 79.9. The lowest BCUT2D eigenvalue weighted by Gasteiger charge is -2.21. The molecule has 2 aromatic rings. The fourth-order valence-electron chi connectivity index (χ4n) is 2.25. The first-order valence-electron chi connectivity index (χ1n) is 5.59. The van der Waals surface area contributed by atoms with Crippen molar-refractivity contribution in [1.29, 1.82) is 0 Å². The summed E-state index contributed by atoms with van der Waals surface area (Å²) in [6, 6.07) is 4.07. The lowest BCUT2D eigenvalue weighted by Crippen LogP contribution is -2.19. The Morgan fingerprint density at radius 1 is 1.47 bits per heavy atom. The minimum absolute atomic E-state index is 0.147. The van der Waals surface area contributed by atoms with Gasteiger partial charge in [-0.3, -0.25) is 0 Å². The SMILES string of the molecule is OCC1CCCn2c(-c3ccc(Br)s3)nnc21. The first-order valence-corrected chi connectivity index (χ1v) is 7.20. The smallest absolute Gasteiger partial charge is 0.174 e. The molecule has 0 amide bonds. The Labute approximate surface area is 111 Å². The molecule has 3 rings (SSSR count). The van der Waals surface area contributed by atoms with Crippen molar-refractivity contribution in [1.82, 2.24) is 14.8 Å². The van der Waals surface area contributed by atoms with Crippen molar-refractivity contribution in [3.63, 3.8) is 0 Å². The molecule has 6 heteroatoms. The van der Waals surface area contributed by atoms with Crippen LogP contribution in [0.1, 0.15) is 24.6 Å². The molecule has 1 unspecified atom stereocenters. The number of halogens is 1. The zero-order valence-corrected chi connectivity index (χ0v) is 11.5. The van der Waals surface area contributed by atoms with Gasteiger partial charge in [0.25, 0.3) is 0 Å². The highest BCUT2D eigenvalue weighted by molar-refractivity contribution is 9.11. The molecule has 0 bridgehead atoms. The van der Waals surface area contributed by atoms with Gasteiger partial charge in [-0.25, -0.2) is 0 Å². The third-order valence-corrected chi connectivity index (χ3v) is 4.71. The van der Waals surface area contributed by atoms with Crippen LogP contribution in [0.4, 0.5) is 0 Å². The van der Waals surface area contributed by atoms with Crippen LogP contribution in [-0.4, -0.2) is 26.5 Å². The summed E-state index contributed by atoms with van der Waals surface area (Å²) in [5, 5.41) is 17.8. The van der Waals surface area contributed by atoms with Crippen molar-refractivity contribution in [3.8, 4) is 10.7 Å². The van der Waals surface area contributed by atoms with E-state index in [0.717, 1.165) is 39.7 Å². The topological polar surface area (TPSA) is 50.9 Å². The van der Waals surface area contributed by atoms with E-state index in [9.17, 15) is 5.11 Å². The Balaban J connectivity index is 2.05. The highest BCUT2D eigenvalue weighted by Gasteiger charge is 2.25. The average molecular weight is 314 g/mol. The van der Waals surface area contributed by atoms with E-state index in [0.29, 0.717) is 0 Å². The van der Waals surface area contributed by atoms with Crippen LogP contribution in [0, 0.1) is 0 Å². The van der Waals surface area contributed by atoms with Gasteiger partial charge in [-0.05, 0) is 40.9 Å². The molecule has 0 aliphatic carbocycles. The van der Waals surface area contributed by atoms with Gasteiger partial charge in [0, 0.05) is 12.5 Å². The first-order chi connectivity index (χ1) is 8.29. The van der Waals surface area contributed by atoms with Gasteiger partial charge in [0.05, 0.1) is 15.3 Å². The second-order valence-electron chi connectivity index (χ2n) is 4.16. The Kier molecular flexibility index (Phi) is 3.02. The van der Waals surface area contributed by atoms with Gasteiger partial charge < -0.3 is 9.67 Å². The Morgan fingerprint density at radius 3 is 3.06 bits per heavy atom. The van der Waals surface area contributed by atoms with Gasteiger partial charge in [-0.1, -0.05) is 0 Å². The molecule has 1 aliphatic heterocycles. The molecule has 0 saturated carbocycles. The van der Waals surface area contributed by atoms with E-state index in [1.165, 1.54) is 0 Å². The van der Waals surface area contributed by atoms with E-state index in [1.807, 2.05) is 6.07 Å². The zero-order chi connectivity index (χ0) is 11.8. The Morgan fingerprint density at radius 2 is 2.35 bits per heavy atom. The number of rotatable bonds is 2. The molecular weight excluding hydrogens is 302 g/mol. The van der Waals surface area contributed by atoms with Gasteiger partial charge in [0.15, 0.2) is 5.82 Å². The lowest BCUT2D eigenvalue weighted by atomic mass is 10.00. The van der Waals surface area contributed by atoms with E-state index >= 15 is 0 Å². The van der Waals surface area contributed by atoms with Gasteiger partial charge in [0.2, 0.25) is 0 Å². The number of nitrogens with zero attached hydrogens (tertiary/aromatic N) is 3. The maximum Gasteiger partial charge on any atom is 0.174 e. The predicted molar refractivity (Wildman–Crippen MR) is 70.1 cm³/mol. The summed E-state index contributed by atoms with van der Waals surface area (Å²) in [6.45, 7) is 1.11. The van der Waals surface area contributed by atoms with Gasteiger partial charge in [-0.2, -0.15) is 0 Å². The molecule has 1 atom stereocenters. The van der Waals surface area contributed by atoms with Crippen LogP contribution in [0.25, 0.3) is 10.7 Å². The number of thiophene rings is 1. The van der Waals surface area contributed by atoms with Crippen molar-refractivity contribution in [2.24, 2.45) is 0 Å². The van der Waals surface area contributed by atoms with Crippen molar-refractivity contribution in [3.05, 3.63) is 21.7 Å². The Hall–Kier alpha value is -0.720. The minimum atomic E-state index is 0.147. The van der Waals surface area contributed by atoms with Crippen molar-refractivity contribution >= 4 is 27.3 Å². The molecule has 17 heavy (non-hydrogen) atoms. The molecular formula is C11H12BrN3OS. The van der Waals surface area contributed by atoms with Gasteiger partial charge >= 0.3 is 0 Å². The molecule has 90 valence electrons. The number of aliphatic hydroxyl groups excluding tert-OH is 1. The molecule has 0 spiro atoms. The second-order valence-corrected chi connectivity index (χ2v) is 6.62. The number of hydrogen-bond acceptors (Lipinski definition) is 4. The molecule has 2 aromatic heterocycles. The summed E-state index contributed by atoms with van der Waals surface area (Å²) >= 11 is 5.12. The molecule has 1 aliphatic rings. The van der Waals surface area contributed by atoms with E-state index in [1.54, 1.807) is 11.3 Å². The van der Waals surface area contributed by atoms with Crippen molar-refractivity contribution in [2.45, 2.75) is 25.3 Å². The van der Waals surface area contributed by atoms with Gasteiger partial charge in [0.1, 0.15) is 5.82 Å². The Bertz CT molecular complexity index is 537. The molecule has 1 N–H and O–H groups in total. The first kappa shape index (κ1) is 11.4. The van der Waals surface area contributed by atoms with Crippen LogP contribution >= 0.6 is 27.3 Å². The van der Waals surface area contributed by atoms with Crippen LogP contribution in [0.5, 0.6) is 0 Å². The molecule has 0 radical (unpaired) electrons. The summed E-state index contributed by atoms with van der Waals surface area (Å²) < 4.78 is 3.24. The third kappa shape index (κ3) is 1.94. The standard InChI is InChI=1S/C11H12BrN3OS/c12-9-4-3-8(17-9)11-14-13-10-7(6-16)2-1-5-15(10)11/h3-4,7,16H,1-2,5-6H2. The predicted octanol–water partition coefficient (Wildman–Crippen LogP) is 2.64. The minimum Gasteiger partial charge on any atom is -0.396 e. The molecule has 0 saturated heterocycles. The number of aromatic nitrogens is 3. The van der Waals surface area contributed by atoms with E-state index in [-0.39, 0.29) is 12.5 Å². The average Bonchev–Trinajstić information content (AvgIpc) is 2.94. The van der Waals surface area contributed by atoms with Crippen LogP contribution in [0.3, 0.4) is 0 Å². The number of fused-ring (bicyclic) bond motifs is 1. The monoisotopic (exact) mass is 313 g/mol. The summed E-state index contributed by atoms with van der Waals surface area (Å²) in [4.78, 5) is 1.12. The van der Waals surface area contributed by atoms with Crippen LogP contribution < -0.4 is 0 Å². The van der Waals surface area contributed by atoms with Crippen LogP contribution in [-0.2, 0) is 6.54 Å². The highest BCUT2D eigenvalue weighted by Crippen LogP contribution is 2.34. The molecule has 0 aromatic carbocycles. The molecule has 3 heterocycles. The summed E-state index contributed by atoms with van der Waals surface area (Å²) in [6.07, 6.45) is 2.08. The fraction of sp³-hybridized carbons (Fsp3) is 0.455. The lowest BCUT2D eigenvalue weighted by molar-refractivity contribution is 0.238. The van der Waals surface area contributed by atoms with E-state index < -0.39 is 0 Å². The van der Waals surface area contributed by atoms with Crippen molar-refractivity contribution < 1.29 is 5.11 Å². The molecule has 0 fully saturated rings. The second kappa shape index (κ2) is 4.51. The largest absolute Gasteiger partial charge is 0.396 e. The van der Waals surface area contributed by atoms with E-state index in [4.69, 9.17) is 0 Å². The summed E-state index contributed by atoms with van der Waals surface area (Å²) in [5.74, 6) is 2.00. The fourth-order valence-corrected chi connectivity index (χ4v) is 3.63. The van der Waals surface area contributed by atoms with E-state index in [2.05, 4.69) is 36.8 Å². The normalized spacial score (nSPS) is 19.3. The summed E-state index contributed by atoms with van der Waals surface area (Å²) in [5.41, 5.74) is 0. The van der Waals surface area contributed by atoms with Crippen LogP contribution in [0.15, 0.2) is 15.9 Å². The van der Waals surface area contributed by atoms with Crippen molar-refractivity contribution in [2.75, 3.05) is 6.61 Å². The maximum atomic E-state index is 9.34. The zero-order valence-electron chi connectivity index (χ0n) is 9.14. The quantitative estimate of drug-likeness (QED) is 0.927. The maximum absolute atomic E-state index is 9.34. The molecule has 4 nitrogen and oxygen atoms in total. The third-order valence-electron chi connectivity index (χ3n) is 3.09. The van der Waals surface area contributed by atoms with Gasteiger partial charge in [-0.15, -0.1) is 21.5 Å².